The zero-order valence-electron chi connectivity index (χ0n) is 14.8. The van der Waals surface area contributed by atoms with Gasteiger partial charge < -0.3 is 10.1 Å². The van der Waals surface area contributed by atoms with Gasteiger partial charge in [-0.15, -0.1) is 0 Å². The topological polar surface area (TPSA) is 72.5 Å². The van der Waals surface area contributed by atoms with Gasteiger partial charge in [-0.2, -0.15) is 11.3 Å². The van der Waals surface area contributed by atoms with Crippen LogP contribution >= 0.6 is 11.3 Å². The summed E-state index contributed by atoms with van der Waals surface area (Å²) in [4.78, 5) is 36.5. The average molecular weight is 391 g/mol. The molecule has 1 aromatic heterocycles. The van der Waals surface area contributed by atoms with E-state index < -0.39 is 18.5 Å². The van der Waals surface area contributed by atoms with Crippen LogP contribution in [0.3, 0.4) is 0 Å². The quantitative estimate of drug-likeness (QED) is 0.373. The van der Waals surface area contributed by atoms with E-state index in [1.807, 2.05) is 22.9 Å². The maximum atomic E-state index is 12.7. The van der Waals surface area contributed by atoms with Gasteiger partial charge in [0.05, 0.1) is 5.69 Å². The summed E-state index contributed by atoms with van der Waals surface area (Å²) in [5.41, 5.74) is 2.14. The van der Waals surface area contributed by atoms with Crippen molar-refractivity contribution >= 4 is 40.8 Å². The molecule has 3 rings (SSSR count). The standard InChI is InChI=1S/C22H17NO4S/c24-20(14-27-21(25)11-10-16-12-13-28-15-16)23-19-9-5-4-8-18(19)22(26)17-6-2-1-3-7-17/h1-13,15H,14H2,(H,23,24)/b11-10+. The second kappa shape index (κ2) is 9.43. The summed E-state index contributed by atoms with van der Waals surface area (Å²) in [5.74, 6) is -1.34. The molecule has 0 saturated heterocycles. The molecule has 1 heterocycles. The maximum Gasteiger partial charge on any atom is 0.331 e. The molecule has 0 aliphatic heterocycles. The van der Waals surface area contributed by atoms with E-state index in [0.717, 1.165) is 5.56 Å². The predicted molar refractivity (Wildman–Crippen MR) is 109 cm³/mol. The Morgan fingerprint density at radius 2 is 1.71 bits per heavy atom. The second-order valence-electron chi connectivity index (χ2n) is 5.79. The molecule has 0 radical (unpaired) electrons. The first-order valence-corrected chi connectivity index (χ1v) is 9.43. The largest absolute Gasteiger partial charge is 0.452 e. The van der Waals surface area contributed by atoms with E-state index in [1.165, 1.54) is 17.4 Å². The number of thiophene rings is 1. The Hall–Kier alpha value is -3.51. The Labute approximate surface area is 166 Å². The van der Waals surface area contributed by atoms with Gasteiger partial charge in [-0.1, -0.05) is 42.5 Å². The van der Waals surface area contributed by atoms with Crippen LogP contribution in [0.1, 0.15) is 21.5 Å². The van der Waals surface area contributed by atoms with E-state index in [4.69, 9.17) is 4.74 Å². The number of hydrogen-bond donors (Lipinski definition) is 1. The molecule has 1 amide bonds. The van der Waals surface area contributed by atoms with Crippen molar-refractivity contribution in [3.63, 3.8) is 0 Å². The van der Waals surface area contributed by atoms with Crippen molar-refractivity contribution in [3.05, 3.63) is 94.2 Å². The molecular weight excluding hydrogens is 374 g/mol. The van der Waals surface area contributed by atoms with Gasteiger partial charge in [0.25, 0.3) is 5.91 Å². The number of carbonyl (C=O) groups is 3. The van der Waals surface area contributed by atoms with Crippen molar-refractivity contribution in [1.82, 2.24) is 0 Å². The molecule has 2 aromatic carbocycles. The fraction of sp³-hybridized carbons (Fsp3) is 0.0455. The van der Waals surface area contributed by atoms with Gasteiger partial charge in [0, 0.05) is 17.2 Å². The highest BCUT2D eigenvalue weighted by Crippen LogP contribution is 2.19. The summed E-state index contributed by atoms with van der Waals surface area (Å²) < 4.78 is 4.94. The van der Waals surface area contributed by atoms with Crippen LogP contribution in [-0.4, -0.2) is 24.3 Å². The highest BCUT2D eigenvalue weighted by atomic mass is 32.1. The zero-order valence-corrected chi connectivity index (χ0v) is 15.6. The lowest BCUT2D eigenvalue weighted by Crippen LogP contribution is -2.21. The van der Waals surface area contributed by atoms with E-state index in [9.17, 15) is 14.4 Å². The number of esters is 1. The molecule has 0 aliphatic rings. The second-order valence-corrected chi connectivity index (χ2v) is 6.57. The third-order valence-electron chi connectivity index (χ3n) is 3.78. The number of nitrogens with one attached hydrogen (secondary N) is 1. The van der Waals surface area contributed by atoms with Crippen molar-refractivity contribution in [2.24, 2.45) is 0 Å². The van der Waals surface area contributed by atoms with Gasteiger partial charge in [0.2, 0.25) is 0 Å². The van der Waals surface area contributed by atoms with Crippen LogP contribution in [0.2, 0.25) is 0 Å². The maximum absolute atomic E-state index is 12.7. The molecule has 0 aliphatic carbocycles. The van der Waals surface area contributed by atoms with Crippen LogP contribution in [0.4, 0.5) is 5.69 Å². The Balaban J connectivity index is 1.60. The molecule has 6 heteroatoms. The van der Waals surface area contributed by atoms with Crippen LogP contribution in [0, 0.1) is 0 Å². The summed E-state index contributed by atoms with van der Waals surface area (Å²) >= 11 is 1.52. The summed E-state index contributed by atoms with van der Waals surface area (Å²) in [5, 5.41) is 6.41. The Morgan fingerprint density at radius 1 is 0.964 bits per heavy atom. The Morgan fingerprint density at radius 3 is 2.46 bits per heavy atom. The third kappa shape index (κ3) is 5.25. The summed E-state index contributed by atoms with van der Waals surface area (Å²) in [6.07, 6.45) is 2.88. The van der Waals surface area contributed by atoms with Crippen molar-refractivity contribution in [1.29, 1.82) is 0 Å². The number of anilines is 1. The molecule has 5 nitrogen and oxygen atoms in total. The van der Waals surface area contributed by atoms with Gasteiger partial charge in [0.1, 0.15) is 0 Å². The van der Waals surface area contributed by atoms with Crippen LogP contribution in [0.15, 0.2) is 77.5 Å². The Kier molecular flexibility index (Phi) is 6.49. The number of amides is 1. The van der Waals surface area contributed by atoms with E-state index in [1.54, 1.807) is 54.6 Å². The minimum atomic E-state index is -0.616. The molecule has 1 N–H and O–H groups in total. The van der Waals surface area contributed by atoms with Gasteiger partial charge in [0.15, 0.2) is 12.4 Å². The highest BCUT2D eigenvalue weighted by molar-refractivity contribution is 7.08. The summed E-state index contributed by atoms with van der Waals surface area (Å²) in [6.45, 7) is -0.444. The van der Waals surface area contributed by atoms with Crippen LogP contribution in [0.5, 0.6) is 0 Å². The fourth-order valence-electron chi connectivity index (χ4n) is 2.44. The number of benzene rings is 2. The van der Waals surface area contributed by atoms with E-state index in [2.05, 4.69) is 5.32 Å². The molecule has 0 fully saturated rings. The lowest BCUT2D eigenvalue weighted by Gasteiger charge is -2.10. The van der Waals surface area contributed by atoms with E-state index >= 15 is 0 Å². The monoisotopic (exact) mass is 391 g/mol. The van der Waals surface area contributed by atoms with Crippen molar-refractivity contribution in [3.8, 4) is 0 Å². The SMILES string of the molecule is O=C(COC(=O)/C=C/c1ccsc1)Nc1ccccc1C(=O)c1ccccc1. The zero-order chi connectivity index (χ0) is 19.8. The van der Waals surface area contributed by atoms with Gasteiger partial charge in [-0.25, -0.2) is 4.79 Å². The molecular formula is C22H17NO4S. The molecule has 0 bridgehead atoms. The van der Waals surface area contributed by atoms with E-state index in [0.29, 0.717) is 16.8 Å². The number of para-hydroxylation sites is 1. The van der Waals surface area contributed by atoms with Crippen molar-refractivity contribution in [2.45, 2.75) is 0 Å². The third-order valence-corrected chi connectivity index (χ3v) is 4.48. The van der Waals surface area contributed by atoms with Gasteiger partial charge >= 0.3 is 5.97 Å². The molecule has 0 atom stereocenters. The fourth-order valence-corrected chi connectivity index (χ4v) is 3.07. The number of hydrogen-bond acceptors (Lipinski definition) is 5. The Bertz CT molecular complexity index is 994. The smallest absolute Gasteiger partial charge is 0.331 e. The summed E-state index contributed by atoms with van der Waals surface area (Å²) in [7, 11) is 0. The first-order chi connectivity index (χ1) is 13.6. The highest BCUT2D eigenvalue weighted by Gasteiger charge is 2.15. The lowest BCUT2D eigenvalue weighted by atomic mass is 10.0. The number of ketones is 1. The lowest BCUT2D eigenvalue weighted by molar-refractivity contribution is -0.142. The average Bonchev–Trinajstić information content (AvgIpc) is 3.25. The van der Waals surface area contributed by atoms with Gasteiger partial charge in [-0.3, -0.25) is 9.59 Å². The molecule has 0 saturated carbocycles. The first kappa shape index (κ1) is 19.3. The van der Waals surface area contributed by atoms with Gasteiger partial charge in [-0.05, 0) is 40.6 Å². The van der Waals surface area contributed by atoms with E-state index in [-0.39, 0.29) is 5.78 Å². The molecule has 0 spiro atoms. The molecule has 140 valence electrons. The first-order valence-electron chi connectivity index (χ1n) is 8.49. The number of carbonyl (C=O) groups excluding carboxylic acids is 3. The van der Waals surface area contributed by atoms with Crippen LogP contribution in [0.25, 0.3) is 6.08 Å². The number of ether oxygens (including phenoxy) is 1. The summed E-state index contributed by atoms with van der Waals surface area (Å²) in [6, 6.07) is 17.4. The minimum absolute atomic E-state index is 0.202. The normalized spacial score (nSPS) is 10.6. The predicted octanol–water partition coefficient (Wildman–Crippen LogP) is 4.17. The van der Waals surface area contributed by atoms with Crippen LogP contribution in [-0.2, 0) is 14.3 Å². The van der Waals surface area contributed by atoms with Crippen molar-refractivity contribution < 1.29 is 19.1 Å². The van der Waals surface area contributed by atoms with Crippen LogP contribution < -0.4 is 5.32 Å². The minimum Gasteiger partial charge on any atom is -0.452 e. The van der Waals surface area contributed by atoms with Crippen molar-refractivity contribution in [2.75, 3.05) is 11.9 Å². The number of rotatable bonds is 7. The molecule has 28 heavy (non-hydrogen) atoms. The molecule has 3 aromatic rings. The molecule has 0 unspecified atom stereocenters.